The number of aromatic amines is 1. The van der Waals surface area contributed by atoms with Crippen molar-refractivity contribution in [3.63, 3.8) is 0 Å². The minimum absolute atomic E-state index is 0.0556. The van der Waals surface area contributed by atoms with Crippen LogP contribution in [0.25, 0.3) is 11.0 Å². The van der Waals surface area contributed by atoms with Gasteiger partial charge in [-0.3, -0.25) is 9.48 Å². The van der Waals surface area contributed by atoms with Crippen LogP contribution in [0.5, 0.6) is 0 Å². The van der Waals surface area contributed by atoms with E-state index in [2.05, 4.69) is 29.1 Å². The molecule has 1 amide bonds. The fourth-order valence-electron chi connectivity index (χ4n) is 3.75. The summed E-state index contributed by atoms with van der Waals surface area (Å²) in [4.78, 5) is 23.1. The lowest BCUT2D eigenvalue weighted by Crippen LogP contribution is -2.40. The molecule has 0 unspecified atom stereocenters. The number of aromatic nitrogens is 4. The summed E-state index contributed by atoms with van der Waals surface area (Å²) in [5.74, 6) is 1.29. The van der Waals surface area contributed by atoms with Crippen LogP contribution in [0.4, 0.5) is 0 Å². The van der Waals surface area contributed by atoms with E-state index >= 15 is 0 Å². The maximum atomic E-state index is 12.9. The first kappa shape index (κ1) is 15.9. The van der Waals surface area contributed by atoms with Gasteiger partial charge in [0.15, 0.2) is 0 Å². The Morgan fingerprint density at radius 3 is 2.88 bits per heavy atom. The van der Waals surface area contributed by atoms with Gasteiger partial charge in [0.25, 0.3) is 5.91 Å². The molecule has 6 nitrogen and oxygen atoms in total. The molecular formula is C19H23N5O. The van der Waals surface area contributed by atoms with Crippen LogP contribution in [-0.2, 0) is 7.05 Å². The number of imidazole rings is 1. The maximum Gasteiger partial charge on any atom is 0.272 e. The first-order valence-electron chi connectivity index (χ1n) is 8.78. The zero-order valence-electron chi connectivity index (χ0n) is 14.9. The molecule has 1 aliphatic heterocycles. The Labute approximate surface area is 146 Å². The van der Waals surface area contributed by atoms with Gasteiger partial charge < -0.3 is 9.88 Å². The Hall–Kier alpha value is -2.63. The summed E-state index contributed by atoms with van der Waals surface area (Å²) in [7, 11) is 1.82. The number of H-pyrrole nitrogens is 1. The highest BCUT2D eigenvalue weighted by Crippen LogP contribution is 2.28. The van der Waals surface area contributed by atoms with Crippen molar-refractivity contribution < 1.29 is 4.79 Å². The van der Waals surface area contributed by atoms with Crippen LogP contribution in [0, 0.1) is 13.8 Å². The lowest BCUT2D eigenvalue weighted by Gasteiger charge is -2.31. The van der Waals surface area contributed by atoms with Gasteiger partial charge in [-0.05, 0) is 44.4 Å². The molecule has 25 heavy (non-hydrogen) atoms. The van der Waals surface area contributed by atoms with Crippen LogP contribution < -0.4 is 0 Å². The topological polar surface area (TPSA) is 66.8 Å². The number of nitrogens with zero attached hydrogens (tertiary/aromatic N) is 4. The molecule has 2 aromatic heterocycles. The number of likely N-dealkylation sites (tertiary alicyclic amines) is 1. The number of carbonyl (C=O) groups is 1. The zero-order valence-corrected chi connectivity index (χ0v) is 14.9. The van der Waals surface area contributed by atoms with Gasteiger partial charge in [-0.2, -0.15) is 5.10 Å². The standard InChI is InChI=1S/C19H23N5O/c1-12-6-4-8-15-17(12)21-18(20-15)14-7-5-9-24(11-14)19(25)16-10-13(2)22-23(16)3/h4,6,8,10,14H,5,7,9,11H2,1-3H3,(H,20,21)/t14-/m1/s1. The number of fused-ring (bicyclic) bond motifs is 1. The molecule has 0 spiro atoms. The van der Waals surface area contributed by atoms with Gasteiger partial charge in [0, 0.05) is 26.1 Å². The number of rotatable bonds is 2. The van der Waals surface area contributed by atoms with Crippen molar-refractivity contribution in [3.8, 4) is 0 Å². The third-order valence-electron chi connectivity index (χ3n) is 5.05. The average molecular weight is 337 g/mol. The molecule has 0 radical (unpaired) electrons. The lowest BCUT2D eigenvalue weighted by atomic mass is 9.97. The summed E-state index contributed by atoms with van der Waals surface area (Å²) in [5, 5.41) is 4.29. The fourth-order valence-corrected chi connectivity index (χ4v) is 3.75. The number of benzene rings is 1. The second-order valence-electron chi connectivity index (χ2n) is 6.98. The van der Waals surface area contributed by atoms with E-state index in [0.29, 0.717) is 12.2 Å². The number of carbonyl (C=O) groups excluding carboxylic acids is 1. The summed E-state index contributed by atoms with van der Waals surface area (Å²) in [6.45, 7) is 5.47. The predicted molar refractivity (Wildman–Crippen MR) is 96.7 cm³/mol. The quantitative estimate of drug-likeness (QED) is 0.782. The average Bonchev–Trinajstić information content (AvgIpc) is 3.18. The normalized spacial score (nSPS) is 18.0. The number of hydrogen-bond donors (Lipinski definition) is 1. The van der Waals surface area contributed by atoms with Crippen LogP contribution >= 0.6 is 0 Å². The van der Waals surface area contributed by atoms with Gasteiger partial charge in [-0.15, -0.1) is 0 Å². The highest BCUT2D eigenvalue weighted by atomic mass is 16.2. The number of para-hydroxylation sites is 1. The molecule has 3 heterocycles. The molecule has 0 saturated carbocycles. The molecule has 3 aromatic rings. The largest absolute Gasteiger partial charge is 0.342 e. The van der Waals surface area contributed by atoms with Crippen molar-refractivity contribution in [2.24, 2.45) is 7.05 Å². The van der Waals surface area contributed by atoms with Crippen molar-refractivity contribution in [2.75, 3.05) is 13.1 Å². The van der Waals surface area contributed by atoms with Crippen molar-refractivity contribution >= 4 is 16.9 Å². The Bertz CT molecular complexity index is 939. The molecule has 130 valence electrons. The van der Waals surface area contributed by atoms with E-state index in [9.17, 15) is 4.79 Å². The number of amides is 1. The van der Waals surface area contributed by atoms with Crippen LogP contribution in [0.2, 0.25) is 0 Å². The summed E-state index contributed by atoms with van der Waals surface area (Å²) in [6, 6.07) is 8.04. The molecule has 0 bridgehead atoms. The molecule has 0 aliphatic carbocycles. The Balaban J connectivity index is 1.59. The van der Waals surface area contributed by atoms with E-state index in [0.717, 1.165) is 41.9 Å². The monoisotopic (exact) mass is 337 g/mol. The second-order valence-corrected chi connectivity index (χ2v) is 6.98. The smallest absolute Gasteiger partial charge is 0.272 e. The van der Waals surface area contributed by atoms with Crippen LogP contribution in [0.3, 0.4) is 0 Å². The zero-order chi connectivity index (χ0) is 17.6. The molecule has 1 N–H and O–H groups in total. The van der Waals surface area contributed by atoms with Gasteiger partial charge in [0.2, 0.25) is 0 Å². The van der Waals surface area contributed by atoms with Gasteiger partial charge in [0.1, 0.15) is 11.5 Å². The minimum Gasteiger partial charge on any atom is -0.342 e. The highest BCUT2D eigenvalue weighted by molar-refractivity contribution is 5.92. The molecule has 1 saturated heterocycles. The third kappa shape index (κ3) is 2.81. The van der Waals surface area contributed by atoms with E-state index < -0.39 is 0 Å². The fraction of sp³-hybridized carbons (Fsp3) is 0.421. The van der Waals surface area contributed by atoms with Gasteiger partial charge in [-0.25, -0.2) is 4.98 Å². The predicted octanol–water partition coefficient (Wildman–Crippen LogP) is 2.93. The molecule has 1 aliphatic rings. The molecule has 1 aromatic carbocycles. The van der Waals surface area contributed by atoms with E-state index in [1.54, 1.807) is 4.68 Å². The Kier molecular flexibility index (Phi) is 3.82. The van der Waals surface area contributed by atoms with E-state index in [1.165, 1.54) is 5.56 Å². The second kappa shape index (κ2) is 6.02. The van der Waals surface area contributed by atoms with Crippen LogP contribution in [0.1, 0.15) is 46.3 Å². The summed E-state index contributed by atoms with van der Waals surface area (Å²) >= 11 is 0. The van der Waals surface area contributed by atoms with E-state index in [1.807, 2.05) is 31.0 Å². The molecule has 4 rings (SSSR count). The van der Waals surface area contributed by atoms with E-state index in [-0.39, 0.29) is 11.8 Å². The SMILES string of the molecule is Cc1cc(C(=O)N2CCC[C@@H](c3nc4c(C)cccc4[nH]3)C2)n(C)n1. The van der Waals surface area contributed by atoms with Gasteiger partial charge >= 0.3 is 0 Å². The number of piperidine rings is 1. The summed E-state index contributed by atoms with van der Waals surface area (Å²) in [5.41, 5.74) is 4.80. The Morgan fingerprint density at radius 2 is 2.16 bits per heavy atom. The Morgan fingerprint density at radius 1 is 1.32 bits per heavy atom. The number of nitrogens with one attached hydrogen (secondary N) is 1. The van der Waals surface area contributed by atoms with Crippen molar-refractivity contribution in [1.29, 1.82) is 0 Å². The minimum atomic E-state index is 0.0556. The van der Waals surface area contributed by atoms with Crippen molar-refractivity contribution in [2.45, 2.75) is 32.6 Å². The third-order valence-corrected chi connectivity index (χ3v) is 5.05. The lowest BCUT2D eigenvalue weighted by molar-refractivity contribution is 0.0693. The molecular weight excluding hydrogens is 314 g/mol. The van der Waals surface area contributed by atoms with Gasteiger partial charge in [0.05, 0.1) is 16.7 Å². The molecule has 6 heteroatoms. The molecule has 1 fully saturated rings. The number of hydrogen-bond acceptors (Lipinski definition) is 3. The highest BCUT2D eigenvalue weighted by Gasteiger charge is 2.28. The first-order valence-corrected chi connectivity index (χ1v) is 8.78. The van der Waals surface area contributed by atoms with E-state index in [4.69, 9.17) is 4.98 Å². The van der Waals surface area contributed by atoms with Crippen LogP contribution in [-0.4, -0.2) is 43.6 Å². The first-order chi connectivity index (χ1) is 12.0. The van der Waals surface area contributed by atoms with Gasteiger partial charge in [-0.1, -0.05) is 12.1 Å². The van der Waals surface area contributed by atoms with Crippen LogP contribution in [0.15, 0.2) is 24.3 Å². The summed E-state index contributed by atoms with van der Waals surface area (Å²) in [6.07, 6.45) is 2.04. The molecule has 1 atom stereocenters. The van der Waals surface area contributed by atoms with Crippen molar-refractivity contribution in [1.82, 2.24) is 24.6 Å². The maximum absolute atomic E-state index is 12.9. The summed E-state index contributed by atoms with van der Waals surface area (Å²) < 4.78 is 1.67. The van der Waals surface area contributed by atoms with Crippen molar-refractivity contribution in [3.05, 3.63) is 47.0 Å². The number of aryl methyl sites for hydroxylation is 3.